The molecule has 0 aromatic heterocycles. The zero-order valence-electron chi connectivity index (χ0n) is 15.7. The number of hydrogen-bond acceptors (Lipinski definition) is 4. The number of nitrogens with zero attached hydrogens (tertiary/aromatic N) is 1. The fraction of sp³-hybridized carbons (Fsp3) is 0.435. The zero-order chi connectivity index (χ0) is 18.5. The number of ketones is 1. The molecule has 0 N–H and O–H groups in total. The van der Waals surface area contributed by atoms with Crippen molar-refractivity contribution in [1.82, 2.24) is 4.90 Å². The Morgan fingerprint density at radius 1 is 1.04 bits per heavy atom. The highest BCUT2D eigenvalue weighted by atomic mass is 16.5. The lowest BCUT2D eigenvalue weighted by Crippen LogP contribution is -2.37. The first-order valence-electron chi connectivity index (χ1n) is 9.93. The first-order valence-corrected chi connectivity index (χ1v) is 9.93. The summed E-state index contributed by atoms with van der Waals surface area (Å²) in [6, 6.07) is 18.0. The highest BCUT2D eigenvalue weighted by Crippen LogP contribution is 2.49. The molecule has 2 aliphatic rings. The molecule has 27 heavy (non-hydrogen) atoms. The SMILES string of the molecule is O=C(c1ccc(OCCCN2CCOCC2)cc1)C1CC1c1ccccc1. The van der Waals surface area contributed by atoms with Crippen molar-refractivity contribution in [2.45, 2.75) is 18.8 Å². The van der Waals surface area contributed by atoms with Gasteiger partial charge in [-0.15, -0.1) is 0 Å². The predicted molar refractivity (Wildman–Crippen MR) is 105 cm³/mol. The number of Topliss-reactive ketones (excluding diaryl/α,β-unsaturated/α-hetero) is 1. The van der Waals surface area contributed by atoms with Crippen LogP contribution in [0.3, 0.4) is 0 Å². The van der Waals surface area contributed by atoms with E-state index >= 15 is 0 Å². The molecule has 1 saturated carbocycles. The van der Waals surface area contributed by atoms with Crippen molar-refractivity contribution in [3.05, 3.63) is 65.7 Å². The van der Waals surface area contributed by atoms with Crippen molar-refractivity contribution in [2.75, 3.05) is 39.5 Å². The van der Waals surface area contributed by atoms with E-state index in [9.17, 15) is 4.79 Å². The average molecular weight is 365 g/mol. The van der Waals surface area contributed by atoms with Crippen molar-refractivity contribution >= 4 is 5.78 Å². The molecule has 4 heteroatoms. The van der Waals surface area contributed by atoms with Crippen molar-refractivity contribution in [2.24, 2.45) is 5.92 Å². The van der Waals surface area contributed by atoms with Gasteiger partial charge in [0, 0.05) is 31.1 Å². The summed E-state index contributed by atoms with van der Waals surface area (Å²) in [5.41, 5.74) is 2.06. The summed E-state index contributed by atoms with van der Waals surface area (Å²) in [6.07, 6.45) is 1.96. The fourth-order valence-electron chi connectivity index (χ4n) is 3.79. The van der Waals surface area contributed by atoms with Crippen LogP contribution >= 0.6 is 0 Å². The van der Waals surface area contributed by atoms with Crippen LogP contribution in [0.1, 0.15) is 34.7 Å². The van der Waals surface area contributed by atoms with Crippen LogP contribution in [0.5, 0.6) is 5.75 Å². The van der Waals surface area contributed by atoms with E-state index in [0.717, 1.165) is 57.0 Å². The van der Waals surface area contributed by atoms with Crippen molar-refractivity contribution in [1.29, 1.82) is 0 Å². The summed E-state index contributed by atoms with van der Waals surface area (Å²) in [6.45, 7) is 5.45. The molecule has 2 aromatic carbocycles. The number of carbonyl (C=O) groups is 1. The molecular weight excluding hydrogens is 338 g/mol. The lowest BCUT2D eigenvalue weighted by Gasteiger charge is -2.26. The summed E-state index contributed by atoms with van der Waals surface area (Å²) in [4.78, 5) is 15.1. The Kier molecular flexibility index (Phi) is 5.85. The van der Waals surface area contributed by atoms with Gasteiger partial charge in [0.15, 0.2) is 5.78 Å². The van der Waals surface area contributed by atoms with Crippen LogP contribution in [-0.2, 0) is 4.74 Å². The van der Waals surface area contributed by atoms with Gasteiger partial charge in [-0.1, -0.05) is 30.3 Å². The topological polar surface area (TPSA) is 38.8 Å². The minimum Gasteiger partial charge on any atom is -0.494 e. The van der Waals surface area contributed by atoms with Gasteiger partial charge < -0.3 is 9.47 Å². The second-order valence-corrected chi connectivity index (χ2v) is 7.40. The van der Waals surface area contributed by atoms with Crippen LogP contribution in [0, 0.1) is 5.92 Å². The highest BCUT2D eigenvalue weighted by molar-refractivity contribution is 6.00. The van der Waals surface area contributed by atoms with Crippen LogP contribution < -0.4 is 4.74 Å². The largest absolute Gasteiger partial charge is 0.494 e. The summed E-state index contributed by atoms with van der Waals surface area (Å²) >= 11 is 0. The number of hydrogen-bond donors (Lipinski definition) is 0. The number of carbonyl (C=O) groups excluding carboxylic acids is 1. The Hall–Kier alpha value is -2.17. The molecule has 4 rings (SSSR count). The lowest BCUT2D eigenvalue weighted by molar-refractivity contribution is 0.0358. The normalized spacial score (nSPS) is 22.4. The molecule has 2 atom stereocenters. The van der Waals surface area contributed by atoms with Gasteiger partial charge in [-0.2, -0.15) is 0 Å². The average Bonchev–Trinajstić information content (AvgIpc) is 3.54. The van der Waals surface area contributed by atoms with Gasteiger partial charge in [-0.3, -0.25) is 9.69 Å². The van der Waals surface area contributed by atoms with E-state index in [1.807, 2.05) is 42.5 Å². The van der Waals surface area contributed by atoms with Crippen molar-refractivity contribution in [3.63, 3.8) is 0 Å². The maximum Gasteiger partial charge on any atom is 0.166 e. The summed E-state index contributed by atoms with van der Waals surface area (Å²) < 4.78 is 11.2. The van der Waals surface area contributed by atoms with Gasteiger partial charge in [0.2, 0.25) is 0 Å². The first kappa shape index (κ1) is 18.2. The Morgan fingerprint density at radius 2 is 1.78 bits per heavy atom. The minimum atomic E-state index is 0.132. The van der Waals surface area contributed by atoms with E-state index < -0.39 is 0 Å². The van der Waals surface area contributed by atoms with Crippen LogP contribution in [0.2, 0.25) is 0 Å². The molecule has 2 unspecified atom stereocenters. The monoisotopic (exact) mass is 365 g/mol. The third-order valence-electron chi connectivity index (χ3n) is 5.48. The predicted octanol–water partition coefficient (Wildman–Crippen LogP) is 3.77. The van der Waals surface area contributed by atoms with Gasteiger partial charge in [-0.05, 0) is 48.6 Å². The van der Waals surface area contributed by atoms with Crippen LogP contribution in [-0.4, -0.2) is 50.1 Å². The molecular formula is C23H27NO3. The molecule has 142 valence electrons. The van der Waals surface area contributed by atoms with Crippen LogP contribution in [0.4, 0.5) is 0 Å². The van der Waals surface area contributed by atoms with E-state index in [2.05, 4.69) is 17.0 Å². The van der Waals surface area contributed by atoms with Crippen LogP contribution in [0.25, 0.3) is 0 Å². The smallest absolute Gasteiger partial charge is 0.166 e. The molecule has 1 aliphatic carbocycles. The molecule has 0 spiro atoms. The van der Waals surface area contributed by atoms with E-state index in [0.29, 0.717) is 12.5 Å². The molecule has 2 aromatic rings. The molecule has 1 heterocycles. The quantitative estimate of drug-likeness (QED) is 0.527. The van der Waals surface area contributed by atoms with Gasteiger partial charge >= 0.3 is 0 Å². The lowest BCUT2D eigenvalue weighted by atomic mass is 10.0. The van der Waals surface area contributed by atoms with Gasteiger partial charge in [0.05, 0.1) is 19.8 Å². The second-order valence-electron chi connectivity index (χ2n) is 7.40. The van der Waals surface area contributed by atoms with E-state index in [4.69, 9.17) is 9.47 Å². The number of rotatable bonds is 8. The number of ether oxygens (including phenoxy) is 2. The molecule has 1 saturated heterocycles. The standard InChI is InChI=1S/C23H27NO3/c25-23(22-17-21(22)18-5-2-1-3-6-18)19-7-9-20(10-8-19)27-14-4-11-24-12-15-26-16-13-24/h1-3,5-10,21-22H,4,11-17H2. The molecule has 0 radical (unpaired) electrons. The zero-order valence-corrected chi connectivity index (χ0v) is 15.7. The first-order chi connectivity index (χ1) is 13.3. The fourth-order valence-corrected chi connectivity index (χ4v) is 3.79. The maximum atomic E-state index is 12.7. The maximum absolute atomic E-state index is 12.7. The minimum absolute atomic E-state index is 0.132. The van der Waals surface area contributed by atoms with E-state index in [-0.39, 0.29) is 11.7 Å². The third kappa shape index (κ3) is 4.76. The Bertz CT molecular complexity index is 738. The third-order valence-corrected chi connectivity index (χ3v) is 5.48. The number of benzene rings is 2. The number of morpholine rings is 1. The van der Waals surface area contributed by atoms with Gasteiger partial charge in [0.25, 0.3) is 0 Å². The highest BCUT2D eigenvalue weighted by Gasteiger charge is 2.43. The molecule has 4 nitrogen and oxygen atoms in total. The van der Waals surface area contributed by atoms with Crippen LogP contribution in [0.15, 0.2) is 54.6 Å². The van der Waals surface area contributed by atoms with E-state index in [1.54, 1.807) is 0 Å². The molecule has 0 amide bonds. The Balaban J connectivity index is 1.22. The van der Waals surface area contributed by atoms with E-state index in [1.165, 1.54) is 5.56 Å². The molecule has 0 bridgehead atoms. The molecule has 2 fully saturated rings. The van der Waals surface area contributed by atoms with Crippen molar-refractivity contribution in [3.8, 4) is 5.75 Å². The van der Waals surface area contributed by atoms with Gasteiger partial charge in [0.1, 0.15) is 5.75 Å². The Morgan fingerprint density at radius 3 is 2.52 bits per heavy atom. The second kappa shape index (κ2) is 8.68. The summed E-state index contributed by atoms with van der Waals surface area (Å²) in [5.74, 6) is 1.61. The summed E-state index contributed by atoms with van der Waals surface area (Å²) in [7, 11) is 0. The van der Waals surface area contributed by atoms with Crippen molar-refractivity contribution < 1.29 is 14.3 Å². The molecule has 1 aliphatic heterocycles. The van der Waals surface area contributed by atoms with Gasteiger partial charge in [-0.25, -0.2) is 0 Å². The Labute approximate surface area is 161 Å². The summed E-state index contributed by atoms with van der Waals surface area (Å²) in [5, 5.41) is 0.